The van der Waals surface area contributed by atoms with Crippen LogP contribution in [-0.4, -0.2) is 23.8 Å². The highest BCUT2D eigenvalue weighted by Gasteiger charge is 2.11. The van der Waals surface area contributed by atoms with E-state index in [4.69, 9.17) is 14.8 Å². The van der Waals surface area contributed by atoms with E-state index in [0.717, 1.165) is 24.0 Å². The van der Waals surface area contributed by atoms with Gasteiger partial charge in [-0.15, -0.1) is 0 Å². The van der Waals surface area contributed by atoms with Crippen molar-refractivity contribution in [2.24, 2.45) is 0 Å². The van der Waals surface area contributed by atoms with Crippen molar-refractivity contribution in [1.82, 2.24) is 0 Å². The van der Waals surface area contributed by atoms with Gasteiger partial charge in [0.25, 0.3) is 0 Å². The van der Waals surface area contributed by atoms with E-state index in [2.05, 4.69) is 6.92 Å². The molecule has 0 unspecified atom stereocenters. The molecule has 0 amide bonds. The summed E-state index contributed by atoms with van der Waals surface area (Å²) in [5.74, 6) is -0.102. The molecule has 2 rings (SSSR count). The van der Waals surface area contributed by atoms with Crippen molar-refractivity contribution in [2.45, 2.75) is 45.4 Å². The van der Waals surface area contributed by atoms with E-state index >= 15 is 0 Å². The van der Waals surface area contributed by atoms with Crippen molar-refractivity contribution < 1.29 is 19.2 Å². The Kier molecular flexibility index (Phi) is 7.96. The molecule has 0 aliphatic rings. The van der Waals surface area contributed by atoms with E-state index in [-0.39, 0.29) is 11.6 Å². The molecule has 25 heavy (non-hydrogen) atoms. The first-order valence-corrected chi connectivity index (χ1v) is 9.00. The van der Waals surface area contributed by atoms with Crippen LogP contribution in [0.5, 0.6) is 5.75 Å². The highest BCUT2D eigenvalue weighted by atomic mass is 19.1. The zero-order valence-corrected chi connectivity index (χ0v) is 14.7. The van der Waals surface area contributed by atoms with Crippen LogP contribution in [0.15, 0.2) is 42.5 Å². The maximum Gasteiger partial charge on any atom is 0.488 e. The summed E-state index contributed by atoms with van der Waals surface area (Å²) in [7, 11) is -1.50. The average Bonchev–Trinajstić information content (AvgIpc) is 2.62. The highest BCUT2D eigenvalue weighted by molar-refractivity contribution is 6.58. The van der Waals surface area contributed by atoms with Crippen molar-refractivity contribution in [3.05, 3.63) is 48.3 Å². The molecular weight excluding hydrogens is 318 g/mol. The number of benzene rings is 2. The van der Waals surface area contributed by atoms with Crippen LogP contribution in [-0.2, 0) is 0 Å². The summed E-state index contributed by atoms with van der Waals surface area (Å²) in [5.41, 5.74) is 1.94. The molecule has 0 spiro atoms. The zero-order valence-electron chi connectivity index (χ0n) is 14.7. The number of rotatable bonds is 10. The molecule has 0 saturated heterocycles. The fourth-order valence-electron chi connectivity index (χ4n) is 2.71. The Hall–Kier alpha value is -1.85. The molecule has 2 aromatic rings. The molecule has 0 saturated carbocycles. The van der Waals surface area contributed by atoms with E-state index in [9.17, 15) is 4.39 Å². The molecule has 0 aliphatic carbocycles. The van der Waals surface area contributed by atoms with Gasteiger partial charge in [0.15, 0.2) is 11.6 Å². The molecule has 2 N–H and O–H groups in total. The first kappa shape index (κ1) is 19.5. The summed E-state index contributed by atoms with van der Waals surface area (Å²) in [5, 5.41) is 18.2. The third-order valence-electron chi connectivity index (χ3n) is 4.23. The van der Waals surface area contributed by atoms with Gasteiger partial charge in [-0.1, -0.05) is 69.4 Å². The van der Waals surface area contributed by atoms with Crippen molar-refractivity contribution in [3.63, 3.8) is 0 Å². The second kappa shape index (κ2) is 10.2. The standard InChI is InChI=1S/C20H26BFO3/c1-2-3-4-5-6-7-14-25-20-13-10-17(15-19(20)22)16-8-11-18(12-9-16)21(23)24/h8-13,15,23-24H,2-7,14H2,1H3. The van der Waals surface area contributed by atoms with Crippen LogP contribution in [0.2, 0.25) is 0 Å². The molecule has 2 aromatic carbocycles. The van der Waals surface area contributed by atoms with Crippen LogP contribution >= 0.6 is 0 Å². The minimum absolute atomic E-state index is 0.278. The molecule has 0 aliphatic heterocycles. The Bertz CT molecular complexity index is 644. The highest BCUT2D eigenvalue weighted by Crippen LogP contribution is 2.25. The minimum atomic E-state index is -1.50. The maximum absolute atomic E-state index is 14.2. The van der Waals surface area contributed by atoms with Gasteiger partial charge in [0.2, 0.25) is 0 Å². The summed E-state index contributed by atoms with van der Waals surface area (Å²) in [6.45, 7) is 2.73. The predicted molar refractivity (Wildman–Crippen MR) is 101 cm³/mol. The third-order valence-corrected chi connectivity index (χ3v) is 4.23. The lowest BCUT2D eigenvalue weighted by Crippen LogP contribution is -2.29. The molecule has 5 heteroatoms. The minimum Gasteiger partial charge on any atom is -0.491 e. The summed E-state index contributed by atoms with van der Waals surface area (Å²) in [6, 6.07) is 11.6. The molecule has 3 nitrogen and oxygen atoms in total. The first-order valence-electron chi connectivity index (χ1n) is 9.00. The largest absolute Gasteiger partial charge is 0.491 e. The van der Waals surface area contributed by atoms with E-state index < -0.39 is 7.12 Å². The molecule has 0 radical (unpaired) electrons. The normalized spacial score (nSPS) is 10.7. The second-order valence-electron chi connectivity index (χ2n) is 6.26. The number of hydrogen-bond donors (Lipinski definition) is 2. The maximum atomic E-state index is 14.2. The van der Waals surface area contributed by atoms with E-state index in [0.29, 0.717) is 12.1 Å². The Morgan fingerprint density at radius 3 is 2.16 bits per heavy atom. The van der Waals surface area contributed by atoms with Gasteiger partial charge in [-0.2, -0.15) is 0 Å². The summed E-state index contributed by atoms with van der Waals surface area (Å²) in [4.78, 5) is 0. The monoisotopic (exact) mass is 344 g/mol. The SMILES string of the molecule is CCCCCCCCOc1ccc(-c2ccc(B(O)O)cc2)cc1F. The molecule has 0 aromatic heterocycles. The van der Waals surface area contributed by atoms with E-state index in [1.165, 1.54) is 31.7 Å². The van der Waals surface area contributed by atoms with Gasteiger partial charge in [-0.05, 0) is 35.1 Å². The second-order valence-corrected chi connectivity index (χ2v) is 6.26. The van der Waals surface area contributed by atoms with Gasteiger partial charge in [0.05, 0.1) is 6.61 Å². The predicted octanol–water partition coefficient (Wildman–Crippen LogP) is 3.91. The molecule has 0 heterocycles. The first-order chi connectivity index (χ1) is 12.1. The number of ether oxygens (including phenoxy) is 1. The van der Waals surface area contributed by atoms with E-state index in [1.807, 2.05) is 6.07 Å². The number of halogens is 1. The summed E-state index contributed by atoms with van der Waals surface area (Å²) in [6.07, 6.45) is 7.02. The smallest absolute Gasteiger partial charge is 0.488 e. The van der Waals surface area contributed by atoms with Crippen LogP contribution in [0.1, 0.15) is 45.4 Å². The average molecular weight is 344 g/mol. The molecule has 0 bridgehead atoms. The Labute approximate surface area is 149 Å². The van der Waals surface area contributed by atoms with Crippen LogP contribution in [0, 0.1) is 5.82 Å². The van der Waals surface area contributed by atoms with Crippen LogP contribution < -0.4 is 10.2 Å². The van der Waals surface area contributed by atoms with Gasteiger partial charge < -0.3 is 14.8 Å². The molecule has 134 valence electrons. The Morgan fingerprint density at radius 1 is 0.880 bits per heavy atom. The van der Waals surface area contributed by atoms with Crippen molar-refractivity contribution in [2.75, 3.05) is 6.61 Å². The van der Waals surface area contributed by atoms with Gasteiger partial charge in [-0.3, -0.25) is 0 Å². The Morgan fingerprint density at radius 2 is 1.52 bits per heavy atom. The Balaban J connectivity index is 1.87. The summed E-state index contributed by atoms with van der Waals surface area (Å²) < 4.78 is 19.8. The van der Waals surface area contributed by atoms with Crippen LogP contribution in [0.4, 0.5) is 4.39 Å². The van der Waals surface area contributed by atoms with Crippen LogP contribution in [0.3, 0.4) is 0 Å². The molecule has 0 atom stereocenters. The molecule has 0 fully saturated rings. The van der Waals surface area contributed by atoms with Gasteiger partial charge in [-0.25, -0.2) is 4.39 Å². The lowest BCUT2D eigenvalue weighted by atomic mass is 9.80. The van der Waals surface area contributed by atoms with Crippen LogP contribution in [0.25, 0.3) is 11.1 Å². The van der Waals surface area contributed by atoms with E-state index in [1.54, 1.807) is 30.3 Å². The third kappa shape index (κ3) is 6.18. The zero-order chi connectivity index (χ0) is 18.1. The quantitative estimate of drug-likeness (QED) is 0.507. The topological polar surface area (TPSA) is 49.7 Å². The van der Waals surface area contributed by atoms with Crippen molar-refractivity contribution >= 4 is 12.6 Å². The number of hydrogen-bond acceptors (Lipinski definition) is 3. The van der Waals surface area contributed by atoms with Gasteiger partial charge >= 0.3 is 7.12 Å². The van der Waals surface area contributed by atoms with Gasteiger partial charge in [0.1, 0.15) is 0 Å². The fourth-order valence-corrected chi connectivity index (χ4v) is 2.71. The number of unbranched alkanes of at least 4 members (excludes halogenated alkanes) is 5. The van der Waals surface area contributed by atoms with Crippen molar-refractivity contribution in [3.8, 4) is 16.9 Å². The lowest BCUT2D eigenvalue weighted by Gasteiger charge is -2.09. The van der Waals surface area contributed by atoms with Gasteiger partial charge in [0, 0.05) is 0 Å². The van der Waals surface area contributed by atoms with Crippen molar-refractivity contribution in [1.29, 1.82) is 0 Å². The lowest BCUT2D eigenvalue weighted by molar-refractivity contribution is 0.290. The summed E-state index contributed by atoms with van der Waals surface area (Å²) >= 11 is 0. The molecular formula is C20H26BFO3. The fraction of sp³-hybridized carbons (Fsp3) is 0.400.